The molecule has 1 saturated heterocycles. The van der Waals surface area contributed by atoms with Crippen LogP contribution in [-0.2, 0) is 11.2 Å². The fourth-order valence-corrected chi connectivity index (χ4v) is 3.12. The summed E-state index contributed by atoms with van der Waals surface area (Å²) < 4.78 is 0. The molecule has 3 amide bonds. The van der Waals surface area contributed by atoms with Crippen LogP contribution >= 0.6 is 23.2 Å². The van der Waals surface area contributed by atoms with Gasteiger partial charge in [-0.05, 0) is 43.0 Å². The maximum absolute atomic E-state index is 11.8. The van der Waals surface area contributed by atoms with Crippen molar-refractivity contribution in [2.24, 2.45) is 0 Å². The summed E-state index contributed by atoms with van der Waals surface area (Å²) in [5.74, 6) is 0.108. The number of nitrogens with zero attached hydrogens (tertiary/aromatic N) is 1. The summed E-state index contributed by atoms with van der Waals surface area (Å²) in [6.07, 6.45) is 3.14. The Balaban J connectivity index is 1.60. The standard InChI is InChI=1S/C16H21Cl2N3O2/c17-13-9-12(10-14(18)11-13)3-5-19-16(23)20-6-4-15(22)21-7-1-2-8-21/h9-11H,1-8H2,(H2,19,20,23). The first kappa shape index (κ1) is 17.9. The van der Waals surface area contributed by atoms with Gasteiger partial charge in [-0.1, -0.05) is 23.2 Å². The summed E-state index contributed by atoms with van der Waals surface area (Å²) in [5, 5.41) is 6.61. The van der Waals surface area contributed by atoms with Crippen molar-refractivity contribution in [2.75, 3.05) is 26.2 Å². The van der Waals surface area contributed by atoms with E-state index in [9.17, 15) is 9.59 Å². The minimum atomic E-state index is -0.271. The molecular weight excluding hydrogens is 337 g/mol. The maximum atomic E-state index is 11.8. The van der Waals surface area contributed by atoms with Crippen LogP contribution in [0.15, 0.2) is 18.2 Å². The van der Waals surface area contributed by atoms with E-state index in [1.807, 2.05) is 17.0 Å². The van der Waals surface area contributed by atoms with Crippen molar-refractivity contribution >= 4 is 35.1 Å². The molecule has 1 aromatic carbocycles. The van der Waals surface area contributed by atoms with E-state index in [2.05, 4.69) is 10.6 Å². The Kier molecular flexibility index (Phi) is 6.99. The smallest absolute Gasteiger partial charge is 0.314 e. The van der Waals surface area contributed by atoms with Gasteiger partial charge < -0.3 is 15.5 Å². The van der Waals surface area contributed by atoms with E-state index in [1.54, 1.807) is 6.07 Å². The van der Waals surface area contributed by atoms with Crippen LogP contribution in [0, 0.1) is 0 Å². The molecule has 126 valence electrons. The Morgan fingerprint density at radius 3 is 2.26 bits per heavy atom. The topological polar surface area (TPSA) is 61.4 Å². The van der Waals surface area contributed by atoms with E-state index in [-0.39, 0.29) is 11.9 Å². The molecule has 0 unspecified atom stereocenters. The number of likely N-dealkylation sites (tertiary alicyclic amines) is 1. The Labute approximate surface area is 146 Å². The predicted molar refractivity (Wildman–Crippen MR) is 92.0 cm³/mol. The highest BCUT2D eigenvalue weighted by molar-refractivity contribution is 6.34. The number of carbonyl (C=O) groups excluding carboxylic acids is 2. The summed E-state index contributed by atoms with van der Waals surface area (Å²) in [4.78, 5) is 25.3. The van der Waals surface area contributed by atoms with E-state index >= 15 is 0 Å². The molecule has 2 rings (SSSR count). The van der Waals surface area contributed by atoms with E-state index in [0.29, 0.717) is 36.0 Å². The molecule has 0 aliphatic carbocycles. The van der Waals surface area contributed by atoms with E-state index in [1.165, 1.54) is 0 Å². The van der Waals surface area contributed by atoms with E-state index < -0.39 is 0 Å². The van der Waals surface area contributed by atoms with Crippen molar-refractivity contribution in [2.45, 2.75) is 25.7 Å². The highest BCUT2D eigenvalue weighted by atomic mass is 35.5. The van der Waals surface area contributed by atoms with Gasteiger partial charge in [0.1, 0.15) is 0 Å². The van der Waals surface area contributed by atoms with E-state index in [4.69, 9.17) is 23.2 Å². The molecule has 1 aromatic rings. The van der Waals surface area contributed by atoms with Gasteiger partial charge in [-0.3, -0.25) is 4.79 Å². The number of hydrogen-bond acceptors (Lipinski definition) is 2. The molecule has 1 aliphatic rings. The molecule has 2 N–H and O–H groups in total. The number of urea groups is 1. The Bertz CT molecular complexity index is 540. The Morgan fingerprint density at radius 2 is 1.61 bits per heavy atom. The number of rotatable bonds is 6. The zero-order valence-electron chi connectivity index (χ0n) is 12.9. The van der Waals surface area contributed by atoms with Crippen molar-refractivity contribution in [3.63, 3.8) is 0 Å². The number of amides is 3. The lowest BCUT2D eigenvalue weighted by molar-refractivity contribution is -0.129. The zero-order valence-corrected chi connectivity index (χ0v) is 14.4. The second-order valence-electron chi connectivity index (χ2n) is 5.55. The average molecular weight is 358 g/mol. The summed E-state index contributed by atoms with van der Waals surface area (Å²) in [5.41, 5.74) is 0.965. The van der Waals surface area contributed by atoms with Crippen LogP contribution in [0.3, 0.4) is 0 Å². The molecule has 7 heteroatoms. The molecule has 1 heterocycles. The van der Waals surface area contributed by atoms with Crippen LogP contribution in [0.25, 0.3) is 0 Å². The SMILES string of the molecule is O=C(NCCC(=O)N1CCCC1)NCCc1cc(Cl)cc(Cl)c1. The van der Waals surface area contributed by atoms with Crippen molar-refractivity contribution in [1.29, 1.82) is 0 Å². The molecule has 1 fully saturated rings. The number of hydrogen-bond donors (Lipinski definition) is 2. The first-order valence-corrected chi connectivity index (χ1v) is 8.54. The third-order valence-electron chi connectivity index (χ3n) is 3.70. The van der Waals surface area contributed by atoms with Gasteiger partial charge in [-0.25, -0.2) is 4.79 Å². The monoisotopic (exact) mass is 357 g/mol. The van der Waals surface area contributed by atoms with Gasteiger partial charge in [-0.15, -0.1) is 0 Å². The third kappa shape index (κ3) is 6.28. The van der Waals surface area contributed by atoms with Crippen LogP contribution in [0.4, 0.5) is 4.79 Å². The molecule has 0 radical (unpaired) electrons. The lowest BCUT2D eigenvalue weighted by Crippen LogP contribution is -2.39. The number of nitrogens with one attached hydrogen (secondary N) is 2. The second kappa shape index (κ2) is 8.99. The molecule has 1 aliphatic heterocycles. The quantitative estimate of drug-likeness (QED) is 0.822. The first-order valence-electron chi connectivity index (χ1n) is 7.79. The highest BCUT2D eigenvalue weighted by Gasteiger charge is 2.17. The number of carbonyl (C=O) groups is 2. The fraction of sp³-hybridized carbons (Fsp3) is 0.500. The molecule has 0 spiro atoms. The molecule has 0 atom stereocenters. The van der Waals surface area contributed by atoms with Crippen LogP contribution < -0.4 is 10.6 Å². The highest BCUT2D eigenvalue weighted by Crippen LogP contribution is 2.19. The summed E-state index contributed by atoms with van der Waals surface area (Å²) in [7, 11) is 0. The molecule has 0 aromatic heterocycles. The van der Waals surface area contributed by atoms with Crippen molar-refractivity contribution < 1.29 is 9.59 Å². The van der Waals surface area contributed by atoms with Gasteiger partial charge >= 0.3 is 6.03 Å². The van der Waals surface area contributed by atoms with Crippen LogP contribution in [-0.4, -0.2) is 43.0 Å². The van der Waals surface area contributed by atoms with Gasteiger partial charge in [0, 0.05) is 42.6 Å². The maximum Gasteiger partial charge on any atom is 0.314 e. The Hall–Kier alpha value is -1.46. The van der Waals surface area contributed by atoms with Gasteiger partial charge in [0.25, 0.3) is 0 Å². The zero-order chi connectivity index (χ0) is 16.7. The van der Waals surface area contributed by atoms with Gasteiger partial charge in [0.15, 0.2) is 0 Å². The minimum Gasteiger partial charge on any atom is -0.343 e. The number of halogens is 2. The average Bonchev–Trinajstić information content (AvgIpc) is 3.00. The van der Waals surface area contributed by atoms with Crippen LogP contribution in [0.1, 0.15) is 24.8 Å². The van der Waals surface area contributed by atoms with Crippen molar-refractivity contribution in [3.05, 3.63) is 33.8 Å². The lowest BCUT2D eigenvalue weighted by atomic mass is 10.1. The summed E-state index contributed by atoms with van der Waals surface area (Å²) >= 11 is 11.8. The normalized spacial score (nSPS) is 13.9. The van der Waals surface area contributed by atoms with Gasteiger partial charge in [-0.2, -0.15) is 0 Å². The second-order valence-corrected chi connectivity index (χ2v) is 6.42. The Morgan fingerprint density at radius 1 is 1.00 bits per heavy atom. The van der Waals surface area contributed by atoms with Gasteiger partial charge in [0.2, 0.25) is 5.91 Å². The third-order valence-corrected chi connectivity index (χ3v) is 4.14. The molecule has 0 saturated carbocycles. The predicted octanol–water partition coefficient (Wildman–Crippen LogP) is 2.85. The molecular formula is C16H21Cl2N3O2. The molecule has 5 nitrogen and oxygen atoms in total. The van der Waals surface area contributed by atoms with Crippen LogP contribution in [0.5, 0.6) is 0 Å². The first-order chi connectivity index (χ1) is 11.0. The largest absolute Gasteiger partial charge is 0.343 e. The van der Waals surface area contributed by atoms with Crippen molar-refractivity contribution in [1.82, 2.24) is 15.5 Å². The number of benzene rings is 1. The molecule has 23 heavy (non-hydrogen) atoms. The van der Waals surface area contributed by atoms with E-state index in [0.717, 1.165) is 31.5 Å². The van der Waals surface area contributed by atoms with Gasteiger partial charge in [0.05, 0.1) is 0 Å². The summed E-state index contributed by atoms with van der Waals surface area (Å²) in [6.45, 7) is 2.51. The molecule has 0 bridgehead atoms. The van der Waals surface area contributed by atoms with Crippen molar-refractivity contribution in [3.8, 4) is 0 Å². The van der Waals surface area contributed by atoms with Crippen LogP contribution in [0.2, 0.25) is 10.0 Å². The summed E-state index contributed by atoms with van der Waals surface area (Å²) in [6, 6.07) is 5.04. The fourth-order valence-electron chi connectivity index (χ4n) is 2.55. The minimum absolute atomic E-state index is 0.108. The lowest BCUT2D eigenvalue weighted by Gasteiger charge is -2.15.